The van der Waals surface area contributed by atoms with Crippen LogP contribution in [0.4, 0.5) is 0 Å². The minimum atomic E-state index is -0.126. The number of aryl methyl sites for hydroxylation is 1. The molecule has 4 atom stereocenters. The van der Waals surface area contributed by atoms with Crippen LogP contribution in [0.5, 0.6) is 5.75 Å². The number of benzene rings is 1. The monoisotopic (exact) mass is 298 g/mol. The van der Waals surface area contributed by atoms with Gasteiger partial charge in [-0.3, -0.25) is 0 Å². The first-order valence-corrected chi connectivity index (χ1v) is 8.62. The maximum atomic E-state index is 10.6. The average molecular weight is 298 g/mol. The van der Waals surface area contributed by atoms with Crippen molar-refractivity contribution in [3.8, 4) is 5.75 Å². The van der Waals surface area contributed by atoms with E-state index >= 15 is 0 Å². The van der Waals surface area contributed by atoms with Crippen LogP contribution in [-0.4, -0.2) is 18.3 Å². The lowest BCUT2D eigenvalue weighted by molar-refractivity contribution is 0.0370. The van der Waals surface area contributed by atoms with E-state index in [0.717, 1.165) is 37.9 Å². The number of hydrogen-bond donors (Lipinski definition) is 1. The van der Waals surface area contributed by atoms with E-state index in [1.807, 2.05) is 0 Å². The van der Waals surface area contributed by atoms with Gasteiger partial charge < -0.3 is 9.84 Å². The minimum Gasteiger partial charge on any atom is -0.497 e. The Morgan fingerprint density at radius 1 is 1.23 bits per heavy atom. The van der Waals surface area contributed by atoms with Crippen LogP contribution >= 0.6 is 0 Å². The summed E-state index contributed by atoms with van der Waals surface area (Å²) in [5.41, 5.74) is 6.20. The van der Waals surface area contributed by atoms with Crippen molar-refractivity contribution >= 4 is 5.57 Å². The second-order valence-corrected chi connectivity index (χ2v) is 7.74. The first-order valence-electron chi connectivity index (χ1n) is 8.62. The van der Waals surface area contributed by atoms with Crippen molar-refractivity contribution in [2.24, 2.45) is 17.3 Å². The summed E-state index contributed by atoms with van der Waals surface area (Å²) in [6, 6.07) is 6.55. The van der Waals surface area contributed by atoms with Crippen molar-refractivity contribution in [3.05, 3.63) is 34.9 Å². The third-order valence-electron chi connectivity index (χ3n) is 6.61. The molecule has 1 aromatic carbocycles. The molecule has 22 heavy (non-hydrogen) atoms. The molecule has 2 nitrogen and oxygen atoms in total. The van der Waals surface area contributed by atoms with E-state index in [-0.39, 0.29) is 11.5 Å². The first kappa shape index (κ1) is 14.3. The van der Waals surface area contributed by atoms with Crippen LogP contribution in [0.15, 0.2) is 23.8 Å². The number of ether oxygens (including phenoxy) is 1. The maximum Gasteiger partial charge on any atom is 0.119 e. The molecule has 0 heterocycles. The van der Waals surface area contributed by atoms with Crippen molar-refractivity contribution in [2.45, 2.75) is 52.1 Å². The van der Waals surface area contributed by atoms with Crippen LogP contribution < -0.4 is 4.74 Å². The second-order valence-electron chi connectivity index (χ2n) is 7.74. The molecule has 118 valence electrons. The first-order chi connectivity index (χ1) is 10.5. The molecule has 0 aliphatic heterocycles. The standard InChI is InChI=1S/C20H26O2/c1-12-10-18(21)20(2)9-8-16-15-7-5-14(22-3)11-13(15)4-6-17(16)19(12)20/h5,7,11-12,18-19,21H,4,6,8-10H2,1-3H3/t12-,18+,19+,20+/m0/s1. The van der Waals surface area contributed by atoms with Crippen LogP contribution in [-0.2, 0) is 6.42 Å². The van der Waals surface area contributed by atoms with Gasteiger partial charge in [-0.1, -0.05) is 25.5 Å². The third-order valence-corrected chi connectivity index (χ3v) is 6.61. The molecule has 0 aromatic heterocycles. The molecule has 0 spiro atoms. The summed E-state index contributed by atoms with van der Waals surface area (Å²) < 4.78 is 5.38. The predicted molar refractivity (Wildman–Crippen MR) is 88.9 cm³/mol. The van der Waals surface area contributed by atoms with Crippen LogP contribution in [0.3, 0.4) is 0 Å². The normalized spacial score (nSPS) is 36.6. The Bertz CT molecular complexity index is 645. The van der Waals surface area contributed by atoms with Gasteiger partial charge in [0.05, 0.1) is 13.2 Å². The zero-order valence-electron chi connectivity index (χ0n) is 13.9. The maximum absolute atomic E-state index is 10.6. The van der Waals surface area contributed by atoms with Crippen LogP contribution in [0, 0.1) is 17.3 Å². The summed E-state index contributed by atoms with van der Waals surface area (Å²) in [7, 11) is 1.74. The Morgan fingerprint density at radius 3 is 2.82 bits per heavy atom. The highest BCUT2D eigenvalue weighted by Gasteiger charge is 2.53. The van der Waals surface area contributed by atoms with Crippen molar-refractivity contribution < 1.29 is 9.84 Å². The van der Waals surface area contributed by atoms with E-state index in [0.29, 0.717) is 11.8 Å². The Hall–Kier alpha value is -1.28. The smallest absolute Gasteiger partial charge is 0.119 e. The Labute approximate surface area is 133 Å². The molecule has 1 saturated carbocycles. The largest absolute Gasteiger partial charge is 0.497 e. The van der Waals surface area contributed by atoms with Gasteiger partial charge >= 0.3 is 0 Å². The van der Waals surface area contributed by atoms with Gasteiger partial charge in [0.1, 0.15) is 5.75 Å². The average Bonchev–Trinajstić information content (AvgIpc) is 2.76. The lowest BCUT2D eigenvalue weighted by Crippen LogP contribution is -2.38. The molecule has 4 rings (SSSR count). The summed E-state index contributed by atoms with van der Waals surface area (Å²) in [5, 5.41) is 10.6. The molecule has 2 heteroatoms. The highest BCUT2D eigenvalue weighted by Crippen LogP contribution is 2.60. The molecular formula is C20H26O2. The zero-order chi connectivity index (χ0) is 15.5. The number of fused-ring (bicyclic) bond motifs is 4. The Kier molecular flexibility index (Phi) is 3.16. The second kappa shape index (κ2) is 4.86. The van der Waals surface area contributed by atoms with Crippen molar-refractivity contribution in [1.82, 2.24) is 0 Å². The molecule has 0 unspecified atom stereocenters. The highest BCUT2D eigenvalue weighted by molar-refractivity contribution is 5.75. The molecule has 1 fully saturated rings. The highest BCUT2D eigenvalue weighted by atomic mass is 16.5. The molecule has 3 aliphatic carbocycles. The molecule has 0 bridgehead atoms. The van der Waals surface area contributed by atoms with Gasteiger partial charge in [-0.05, 0) is 72.8 Å². The fourth-order valence-electron chi connectivity index (χ4n) is 5.50. The van der Waals surface area contributed by atoms with Gasteiger partial charge in [-0.2, -0.15) is 0 Å². The lowest BCUT2D eigenvalue weighted by atomic mass is 9.61. The molecule has 0 radical (unpaired) electrons. The van der Waals surface area contributed by atoms with Crippen LogP contribution in [0.1, 0.15) is 50.7 Å². The van der Waals surface area contributed by atoms with Crippen LogP contribution in [0.25, 0.3) is 5.57 Å². The number of aliphatic hydroxyl groups excluding tert-OH is 1. The van der Waals surface area contributed by atoms with Crippen LogP contribution in [0.2, 0.25) is 0 Å². The third kappa shape index (κ3) is 1.83. The summed E-state index contributed by atoms with van der Waals surface area (Å²) in [6.07, 6.45) is 5.35. The van der Waals surface area contributed by atoms with Gasteiger partial charge in [-0.25, -0.2) is 0 Å². The number of hydrogen-bond acceptors (Lipinski definition) is 2. The summed E-state index contributed by atoms with van der Waals surface area (Å²) in [4.78, 5) is 0. The zero-order valence-corrected chi connectivity index (χ0v) is 13.9. The van der Waals surface area contributed by atoms with Gasteiger partial charge in [0.25, 0.3) is 0 Å². The molecule has 1 aromatic rings. The van der Waals surface area contributed by atoms with Crippen molar-refractivity contribution in [1.29, 1.82) is 0 Å². The number of methoxy groups -OCH3 is 1. The van der Waals surface area contributed by atoms with E-state index in [1.54, 1.807) is 18.3 Å². The molecule has 0 saturated heterocycles. The minimum absolute atomic E-state index is 0.0994. The van der Waals surface area contributed by atoms with E-state index in [1.165, 1.54) is 11.1 Å². The van der Waals surface area contributed by atoms with E-state index in [4.69, 9.17) is 4.74 Å². The lowest BCUT2D eigenvalue weighted by Gasteiger charge is -2.44. The molecule has 1 N–H and O–H groups in total. The number of rotatable bonds is 1. The fourth-order valence-corrected chi connectivity index (χ4v) is 5.50. The summed E-state index contributed by atoms with van der Waals surface area (Å²) in [6.45, 7) is 4.65. The quantitative estimate of drug-likeness (QED) is 0.841. The molecular weight excluding hydrogens is 272 g/mol. The van der Waals surface area contributed by atoms with E-state index < -0.39 is 0 Å². The summed E-state index contributed by atoms with van der Waals surface area (Å²) in [5.74, 6) is 2.14. The Morgan fingerprint density at radius 2 is 2.05 bits per heavy atom. The molecule has 0 amide bonds. The van der Waals surface area contributed by atoms with Crippen molar-refractivity contribution in [2.75, 3.05) is 7.11 Å². The SMILES string of the molecule is COc1ccc2c(c1)CCC1=C2CC[C@]2(C)[C@H](O)C[C@H](C)[C@H]12. The van der Waals surface area contributed by atoms with Gasteiger partial charge in [-0.15, -0.1) is 0 Å². The van der Waals surface area contributed by atoms with Gasteiger partial charge in [0.2, 0.25) is 0 Å². The van der Waals surface area contributed by atoms with Gasteiger partial charge in [0.15, 0.2) is 0 Å². The summed E-state index contributed by atoms with van der Waals surface area (Å²) >= 11 is 0. The Balaban J connectivity index is 1.81. The van der Waals surface area contributed by atoms with E-state index in [9.17, 15) is 5.11 Å². The van der Waals surface area contributed by atoms with Crippen molar-refractivity contribution in [3.63, 3.8) is 0 Å². The number of aliphatic hydroxyl groups is 1. The van der Waals surface area contributed by atoms with Gasteiger partial charge in [0, 0.05) is 5.41 Å². The fraction of sp³-hybridized carbons (Fsp3) is 0.600. The predicted octanol–water partition coefficient (Wildman–Crippen LogP) is 4.21. The van der Waals surface area contributed by atoms with E-state index in [2.05, 4.69) is 32.0 Å². The topological polar surface area (TPSA) is 29.5 Å². The number of allylic oxidation sites excluding steroid dienone is 2. The molecule has 3 aliphatic rings.